The monoisotopic (exact) mass is 274 g/mol. The predicted octanol–water partition coefficient (Wildman–Crippen LogP) is 1.78. The minimum Gasteiger partial charge on any atom is -0.378 e. The number of hydrogen-bond donors (Lipinski definition) is 0. The Hall–Kier alpha value is -2.01. The molecule has 0 spiro atoms. The maximum atomic E-state index is 13.1. The van der Waals surface area contributed by atoms with Crippen LogP contribution in [0.3, 0.4) is 0 Å². The van der Waals surface area contributed by atoms with Crippen molar-refractivity contribution in [3.05, 3.63) is 41.8 Å². The average molecular weight is 274 g/mol. The molecule has 4 nitrogen and oxygen atoms in total. The molecule has 0 saturated carbocycles. The molecule has 0 bridgehead atoms. The zero-order valence-corrected chi connectivity index (χ0v) is 11.0. The summed E-state index contributed by atoms with van der Waals surface area (Å²) in [6.45, 7) is 2.46. The van der Waals surface area contributed by atoms with Gasteiger partial charge < -0.3 is 9.64 Å². The normalized spacial score (nSPS) is 15.6. The van der Waals surface area contributed by atoms with Gasteiger partial charge in [0.15, 0.2) is 0 Å². The fraction of sp³-hybridized carbons (Fsp3) is 0.333. The highest BCUT2D eigenvalue weighted by Gasteiger charge is 2.17. The van der Waals surface area contributed by atoms with Crippen LogP contribution < -0.4 is 0 Å². The minimum absolute atomic E-state index is 0.0576. The molecule has 1 aliphatic heterocycles. The van der Waals surface area contributed by atoms with Crippen LogP contribution in [-0.2, 0) is 16.0 Å². The van der Waals surface area contributed by atoms with E-state index in [2.05, 4.69) is 4.98 Å². The topological polar surface area (TPSA) is 42.4 Å². The Labute approximate surface area is 116 Å². The van der Waals surface area contributed by atoms with Gasteiger partial charge in [0, 0.05) is 18.5 Å². The number of carbonyl (C=O) groups is 1. The summed E-state index contributed by atoms with van der Waals surface area (Å²) in [6.07, 6.45) is 0.271. The summed E-state index contributed by atoms with van der Waals surface area (Å²) in [5.74, 6) is -0.223. The molecule has 1 aliphatic rings. The Kier molecular flexibility index (Phi) is 3.60. The minimum atomic E-state index is -0.281. The number of morpholine rings is 1. The third kappa shape index (κ3) is 2.77. The summed E-state index contributed by atoms with van der Waals surface area (Å²) >= 11 is 0. The van der Waals surface area contributed by atoms with Crippen molar-refractivity contribution in [2.75, 3.05) is 26.3 Å². The molecule has 0 unspecified atom stereocenters. The van der Waals surface area contributed by atoms with Crippen molar-refractivity contribution in [3.8, 4) is 0 Å². The van der Waals surface area contributed by atoms with Crippen LogP contribution in [0.5, 0.6) is 0 Å². The third-order valence-corrected chi connectivity index (χ3v) is 3.41. The molecule has 0 atom stereocenters. The van der Waals surface area contributed by atoms with Crippen LogP contribution in [0.15, 0.2) is 30.3 Å². The first-order chi connectivity index (χ1) is 9.72. The van der Waals surface area contributed by atoms with E-state index in [9.17, 15) is 9.18 Å². The zero-order chi connectivity index (χ0) is 13.9. The second kappa shape index (κ2) is 5.54. The number of aromatic nitrogens is 1. The molecule has 0 radical (unpaired) electrons. The highest BCUT2D eigenvalue weighted by Crippen LogP contribution is 2.15. The number of rotatable bonds is 2. The van der Waals surface area contributed by atoms with Crippen LogP contribution in [0.25, 0.3) is 10.9 Å². The number of halogens is 1. The van der Waals surface area contributed by atoms with E-state index in [0.29, 0.717) is 37.5 Å². The fourth-order valence-corrected chi connectivity index (χ4v) is 2.32. The van der Waals surface area contributed by atoms with Gasteiger partial charge in [0.1, 0.15) is 5.82 Å². The van der Waals surface area contributed by atoms with Crippen molar-refractivity contribution in [3.63, 3.8) is 0 Å². The molecule has 0 aliphatic carbocycles. The number of fused-ring (bicyclic) bond motifs is 1. The molecule has 1 fully saturated rings. The molecule has 2 heterocycles. The van der Waals surface area contributed by atoms with Gasteiger partial charge >= 0.3 is 0 Å². The smallest absolute Gasteiger partial charge is 0.228 e. The van der Waals surface area contributed by atoms with Crippen LogP contribution in [0.4, 0.5) is 4.39 Å². The van der Waals surface area contributed by atoms with Crippen molar-refractivity contribution >= 4 is 16.8 Å². The molecule has 20 heavy (non-hydrogen) atoms. The maximum Gasteiger partial charge on any atom is 0.228 e. The van der Waals surface area contributed by atoms with Gasteiger partial charge in [-0.15, -0.1) is 0 Å². The summed E-state index contributed by atoms with van der Waals surface area (Å²) in [6, 6.07) is 8.03. The first kappa shape index (κ1) is 13.0. The highest BCUT2D eigenvalue weighted by molar-refractivity contribution is 5.81. The molecule has 2 aromatic rings. The number of pyridine rings is 1. The van der Waals surface area contributed by atoms with Gasteiger partial charge in [-0.3, -0.25) is 9.78 Å². The van der Waals surface area contributed by atoms with E-state index < -0.39 is 0 Å². The SMILES string of the molecule is O=C(Cc1ccc2cc(F)ccc2n1)N1CCOCC1. The van der Waals surface area contributed by atoms with E-state index >= 15 is 0 Å². The first-order valence-electron chi connectivity index (χ1n) is 6.63. The Balaban J connectivity index is 1.76. The highest BCUT2D eigenvalue weighted by atomic mass is 19.1. The lowest BCUT2D eigenvalue weighted by atomic mass is 10.1. The van der Waals surface area contributed by atoms with Crippen molar-refractivity contribution in [2.24, 2.45) is 0 Å². The third-order valence-electron chi connectivity index (χ3n) is 3.41. The molecule has 0 N–H and O–H groups in total. The number of benzene rings is 1. The van der Waals surface area contributed by atoms with E-state index in [0.717, 1.165) is 5.39 Å². The van der Waals surface area contributed by atoms with E-state index in [1.54, 1.807) is 23.1 Å². The van der Waals surface area contributed by atoms with Crippen molar-refractivity contribution in [1.29, 1.82) is 0 Å². The van der Waals surface area contributed by atoms with Gasteiger partial charge in [0.05, 0.1) is 30.8 Å². The van der Waals surface area contributed by atoms with E-state index in [-0.39, 0.29) is 18.1 Å². The number of amides is 1. The predicted molar refractivity (Wildman–Crippen MR) is 72.8 cm³/mol. The number of nitrogens with zero attached hydrogens (tertiary/aromatic N) is 2. The lowest BCUT2D eigenvalue weighted by molar-refractivity contribution is -0.134. The Morgan fingerprint density at radius 3 is 2.85 bits per heavy atom. The Bertz CT molecular complexity index is 639. The molecule has 1 aromatic heterocycles. The summed E-state index contributed by atoms with van der Waals surface area (Å²) < 4.78 is 18.3. The van der Waals surface area contributed by atoms with Crippen LogP contribution >= 0.6 is 0 Å². The van der Waals surface area contributed by atoms with E-state index in [1.165, 1.54) is 12.1 Å². The Morgan fingerprint density at radius 2 is 2.05 bits per heavy atom. The Morgan fingerprint density at radius 1 is 1.25 bits per heavy atom. The van der Waals surface area contributed by atoms with Gasteiger partial charge in [-0.05, 0) is 24.3 Å². The first-order valence-corrected chi connectivity index (χ1v) is 6.63. The molecule has 3 rings (SSSR count). The fourth-order valence-electron chi connectivity index (χ4n) is 2.32. The second-order valence-electron chi connectivity index (χ2n) is 4.81. The molecular formula is C15H15FN2O2. The molecule has 1 aromatic carbocycles. The molecule has 1 saturated heterocycles. The van der Waals surface area contributed by atoms with Crippen LogP contribution in [0, 0.1) is 5.82 Å². The van der Waals surface area contributed by atoms with Gasteiger partial charge in [-0.1, -0.05) is 6.07 Å². The van der Waals surface area contributed by atoms with Gasteiger partial charge in [-0.25, -0.2) is 4.39 Å². The summed E-state index contributed by atoms with van der Waals surface area (Å²) in [7, 11) is 0. The average Bonchev–Trinajstić information content (AvgIpc) is 2.48. The van der Waals surface area contributed by atoms with Gasteiger partial charge in [0.2, 0.25) is 5.91 Å². The molecule has 1 amide bonds. The quantitative estimate of drug-likeness (QED) is 0.838. The lowest BCUT2D eigenvalue weighted by Gasteiger charge is -2.26. The van der Waals surface area contributed by atoms with Crippen LogP contribution in [0.2, 0.25) is 0 Å². The summed E-state index contributed by atoms with van der Waals surface area (Å²) in [5.41, 5.74) is 1.42. The molecule has 104 valence electrons. The standard InChI is InChI=1S/C15H15FN2O2/c16-12-2-4-14-11(9-12)1-3-13(17-14)10-15(19)18-5-7-20-8-6-18/h1-4,9H,5-8,10H2. The molecule has 5 heteroatoms. The molecular weight excluding hydrogens is 259 g/mol. The number of hydrogen-bond acceptors (Lipinski definition) is 3. The zero-order valence-electron chi connectivity index (χ0n) is 11.0. The summed E-state index contributed by atoms with van der Waals surface area (Å²) in [5, 5.41) is 0.743. The van der Waals surface area contributed by atoms with Gasteiger partial charge in [0.25, 0.3) is 0 Å². The number of ether oxygens (including phenoxy) is 1. The van der Waals surface area contributed by atoms with E-state index in [1.807, 2.05) is 0 Å². The van der Waals surface area contributed by atoms with Crippen molar-refractivity contribution < 1.29 is 13.9 Å². The number of carbonyl (C=O) groups excluding carboxylic acids is 1. The van der Waals surface area contributed by atoms with E-state index in [4.69, 9.17) is 4.74 Å². The largest absolute Gasteiger partial charge is 0.378 e. The van der Waals surface area contributed by atoms with Crippen LogP contribution in [-0.4, -0.2) is 42.1 Å². The van der Waals surface area contributed by atoms with Crippen LogP contribution in [0.1, 0.15) is 5.69 Å². The van der Waals surface area contributed by atoms with Crippen molar-refractivity contribution in [2.45, 2.75) is 6.42 Å². The van der Waals surface area contributed by atoms with Gasteiger partial charge in [-0.2, -0.15) is 0 Å². The second-order valence-corrected chi connectivity index (χ2v) is 4.81. The van der Waals surface area contributed by atoms with Crippen molar-refractivity contribution in [1.82, 2.24) is 9.88 Å². The summed E-state index contributed by atoms with van der Waals surface area (Å²) in [4.78, 5) is 18.3. The maximum absolute atomic E-state index is 13.1. The lowest BCUT2D eigenvalue weighted by Crippen LogP contribution is -2.41.